The van der Waals surface area contributed by atoms with Crippen LogP contribution in [0, 0.1) is 11.8 Å². The van der Waals surface area contributed by atoms with Crippen molar-refractivity contribution in [1.82, 2.24) is 9.55 Å². The number of hydrogen-bond donors (Lipinski definition) is 0. The van der Waals surface area contributed by atoms with Crippen molar-refractivity contribution in [2.24, 2.45) is 0 Å². The number of aromatic nitrogens is 2. The molecular formula is C23H23N3O2. The Morgan fingerprint density at radius 1 is 1.14 bits per heavy atom. The van der Waals surface area contributed by atoms with Gasteiger partial charge in [0.05, 0.1) is 13.7 Å². The van der Waals surface area contributed by atoms with Crippen LogP contribution < -0.4 is 4.90 Å². The number of benzene rings is 1. The quantitative estimate of drug-likeness (QED) is 0.491. The van der Waals surface area contributed by atoms with Crippen LogP contribution in [-0.4, -0.2) is 36.2 Å². The molecule has 0 radical (unpaired) electrons. The SMILES string of the molecule is COC(=O)[C@H](Cc1ccc(C#CCN(C)c2ccccn2)cc1)n1cccc1. The molecule has 5 nitrogen and oxygen atoms in total. The van der Waals surface area contributed by atoms with E-state index in [-0.39, 0.29) is 12.0 Å². The van der Waals surface area contributed by atoms with Gasteiger partial charge >= 0.3 is 5.97 Å². The van der Waals surface area contributed by atoms with Crippen LogP contribution in [0.2, 0.25) is 0 Å². The second kappa shape index (κ2) is 9.43. The minimum Gasteiger partial charge on any atom is -0.467 e. The van der Waals surface area contributed by atoms with E-state index in [4.69, 9.17) is 4.74 Å². The zero-order valence-corrected chi connectivity index (χ0v) is 16.1. The minimum atomic E-state index is -0.371. The van der Waals surface area contributed by atoms with Crippen molar-refractivity contribution in [3.63, 3.8) is 0 Å². The molecule has 0 aliphatic heterocycles. The van der Waals surface area contributed by atoms with Crippen molar-refractivity contribution in [3.8, 4) is 11.8 Å². The highest BCUT2D eigenvalue weighted by Crippen LogP contribution is 2.17. The lowest BCUT2D eigenvalue weighted by Gasteiger charge is -2.16. The fourth-order valence-corrected chi connectivity index (χ4v) is 2.87. The molecule has 0 saturated carbocycles. The molecule has 142 valence electrons. The van der Waals surface area contributed by atoms with Gasteiger partial charge in [0.1, 0.15) is 11.9 Å². The van der Waals surface area contributed by atoms with Crippen LogP contribution in [0.1, 0.15) is 17.2 Å². The van der Waals surface area contributed by atoms with Gasteiger partial charge in [0.2, 0.25) is 0 Å². The van der Waals surface area contributed by atoms with Crippen molar-refractivity contribution >= 4 is 11.8 Å². The van der Waals surface area contributed by atoms with E-state index in [0.29, 0.717) is 13.0 Å². The van der Waals surface area contributed by atoms with Crippen LogP contribution in [0.15, 0.2) is 73.2 Å². The maximum absolute atomic E-state index is 12.1. The fourth-order valence-electron chi connectivity index (χ4n) is 2.87. The first-order valence-corrected chi connectivity index (χ1v) is 9.07. The van der Waals surface area contributed by atoms with Gasteiger partial charge in [-0.05, 0) is 42.0 Å². The highest BCUT2D eigenvalue weighted by atomic mass is 16.5. The Bertz CT molecular complexity index is 939. The molecule has 0 unspecified atom stereocenters. The van der Waals surface area contributed by atoms with E-state index in [1.54, 1.807) is 6.20 Å². The molecule has 0 aliphatic carbocycles. The smallest absolute Gasteiger partial charge is 0.329 e. The van der Waals surface area contributed by atoms with Crippen LogP contribution in [0.5, 0.6) is 0 Å². The molecular weight excluding hydrogens is 350 g/mol. The Morgan fingerprint density at radius 2 is 1.89 bits per heavy atom. The van der Waals surface area contributed by atoms with Crippen LogP contribution in [0.25, 0.3) is 0 Å². The molecule has 28 heavy (non-hydrogen) atoms. The summed E-state index contributed by atoms with van der Waals surface area (Å²) in [5.74, 6) is 6.98. The van der Waals surface area contributed by atoms with Crippen LogP contribution in [0.4, 0.5) is 5.82 Å². The van der Waals surface area contributed by atoms with Gasteiger partial charge in [0.15, 0.2) is 0 Å². The number of ether oxygens (including phenoxy) is 1. The number of methoxy groups -OCH3 is 1. The number of anilines is 1. The van der Waals surface area contributed by atoms with E-state index in [9.17, 15) is 4.79 Å². The van der Waals surface area contributed by atoms with Gasteiger partial charge < -0.3 is 14.2 Å². The van der Waals surface area contributed by atoms with Crippen LogP contribution in [0.3, 0.4) is 0 Å². The number of pyridine rings is 1. The predicted molar refractivity (Wildman–Crippen MR) is 110 cm³/mol. The first kappa shape index (κ1) is 19.2. The summed E-state index contributed by atoms with van der Waals surface area (Å²) < 4.78 is 6.82. The maximum Gasteiger partial charge on any atom is 0.329 e. The molecule has 0 N–H and O–H groups in total. The number of nitrogens with zero attached hydrogens (tertiary/aromatic N) is 3. The summed E-state index contributed by atoms with van der Waals surface area (Å²) >= 11 is 0. The third-order valence-electron chi connectivity index (χ3n) is 4.43. The zero-order valence-electron chi connectivity index (χ0n) is 16.1. The maximum atomic E-state index is 12.1. The molecule has 0 aliphatic rings. The predicted octanol–water partition coefficient (Wildman–Crippen LogP) is 3.33. The summed E-state index contributed by atoms with van der Waals surface area (Å²) in [5, 5.41) is 0. The second-order valence-electron chi connectivity index (χ2n) is 6.42. The highest BCUT2D eigenvalue weighted by Gasteiger charge is 2.20. The molecule has 1 atom stereocenters. The molecule has 5 heteroatoms. The van der Waals surface area contributed by atoms with E-state index in [1.165, 1.54) is 7.11 Å². The average Bonchev–Trinajstić information content (AvgIpc) is 3.27. The summed E-state index contributed by atoms with van der Waals surface area (Å²) in [6.07, 6.45) is 6.09. The molecule has 0 amide bonds. The van der Waals surface area contributed by atoms with Gasteiger partial charge in [-0.2, -0.15) is 0 Å². The molecule has 2 aromatic heterocycles. The van der Waals surface area contributed by atoms with E-state index < -0.39 is 0 Å². The molecule has 1 aromatic carbocycles. The van der Waals surface area contributed by atoms with E-state index in [0.717, 1.165) is 16.9 Å². The fraction of sp³-hybridized carbons (Fsp3) is 0.217. The minimum absolute atomic E-state index is 0.252. The average molecular weight is 373 g/mol. The lowest BCUT2D eigenvalue weighted by molar-refractivity contribution is -0.144. The van der Waals surface area contributed by atoms with Crippen molar-refractivity contribution in [1.29, 1.82) is 0 Å². The Morgan fingerprint density at radius 3 is 2.54 bits per heavy atom. The van der Waals surface area contributed by atoms with Gasteiger partial charge in [-0.3, -0.25) is 0 Å². The van der Waals surface area contributed by atoms with Crippen molar-refractivity contribution in [2.75, 3.05) is 25.6 Å². The number of esters is 1. The van der Waals surface area contributed by atoms with Crippen molar-refractivity contribution in [2.45, 2.75) is 12.5 Å². The number of carbonyl (C=O) groups is 1. The summed E-state index contributed by atoms with van der Waals surface area (Å²) in [7, 11) is 3.38. The summed E-state index contributed by atoms with van der Waals surface area (Å²) in [6, 6.07) is 17.2. The molecule has 3 aromatic rings. The second-order valence-corrected chi connectivity index (χ2v) is 6.42. The standard InChI is InChI=1S/C23H23N3O2/c1-25(22-9-3-4-14-24-22)15-7-8-19-10-12-20(13-11-19)18-21(23(27)28-2)26-16-5-6-17-26/h3-6,9-14,16-17,21H,15,18H2,1-2H3/t21-/m0/s1. The van der Waals surface area contributed by atoms with E-state index in [2.05, 4.69) is 16.8 Å². The van der Waals surface area contributed by atoms with Gasteiger partial charge in [-0.15, -0.1) is 0 Å². The first-order chi connectivity index (χ1) is 13.7. The summed E-state index contributed by atoms with van der Waals surface area (Å²) in [5.41, 5.74) is 1.99. The molecule has 0 fully saturated rings. The normalized spacial score (nSPS) is 11.2. The first-order valence-electron chi connectivity index (χ1n) is 9.07. The lowest BCUT2D eigenvalue weighted by atomic mass is 10.0. The Balaban J connectivity index is 1.63. The number of carbonyl (C=O) groups excluding carboxylic acids is 1. The molecule has 2 heterocycles. The topological polar surface area (TPSA) is 47.4 Å². The van der Waals surface area contributed by atoms with Crippen LogP contribution in [-0.2, 0) is 16.0 Å². The molecule has 3 rings (SSSR count). The monoisotopic (exact) mass is 373 g/mol. The van der Waals surface area contributed by atoms with Crippen LogP contribution >= 0.6 is 0 Å². The molecule has 0 bridgehead atoms. The Hall–Kier alpha value is -3.52. The van der Waals surface area contributed by atoms with Gasteiger partial charge in [-0.25, -0.2) is 9.78 Å². The number of rotatable bonds is 6. The lowest BCUT2D eigenvalue weighted by Crippen LogP contribution is -2.22. The Labute approximate surface area is 165 Å². The van der Waals surface area contributed by atoms with Gasteiger partial charge in [-0.1, -0.05) is 30.0 Å². The Kier molecular flexibility index (Phi) is 6.48. The largest absolute Gasteiger partial charge is 0.467 e. The molecule has 0 spiro atoms. The highest BCUT2D eigenvalue weighted by molar-refractivity contribution is 5.74. The van der Waals surface area contributed by atoms with E-state index in [1.807, 2.05) is 83.5 Å². The molecule has 0 saturated heterocycles. The van der Waals surface area contributed by atoms with Gasteiger partial charge in [0, 0.05) is 37.6 Å². The third kappa shape index (κ3) is 5.01. The summed E-state index contributed by atoms with van der Waals surface area (Å²) in [4.78, 5) is 18.4. The van der Waals surface area contributed by atoms with Gasteiger partial charge in [0.25, 0.3) is 0 Å². The van der Waals surface area contributed by atoms with Crippen molar-refractivity contribution in [3.05, 3.63) is 84.3 Å². The third-order valence-corrected chi connectivity index (χ3v) is 4.43. The zero-order chi connectivity index (χ0) is 19.8. The summed E-state index contributed by atoms with van der Waals surface area (Å²) in [6.45, 7) is 0.594. The van der Waals surface area contributed by atoms with E-state index >= 15 is 0 Å². The van der Waals surface area contributed by atoms with Crippen molar-refractivity contribution < 1.29 is 9.53 Å². The number of hydrogen-bond acceptors (Lipinski definition) is 4.